The van der Waals surface area contributed by atoms with Crippen molar-refractivity contribution in [2.24, 2.45) is 0 Å². The van der Waals surface area contributed by atoms with Crippen LogP contribution in [-0.2, 0) is 0 Å². The molecule has 4 nitrogen and oxygen atoms in total. The van der Waals surface area contributed by atoms with Gasteiger partial charge in [0.2, 0.25) is 0 Å². The third kappa shape index (κ3) is 1.33. The van der Waals surface area contributed by atoms with Gasteiger partial charge in [0.05, 0.1) is 17.2 Å². The van der Waals surface area contributed by atoms with Gasteiger partial charge in [-0.2, -0.15) is 0 Å². The van der Waals surface area contributed by atoms with Gasteiger partial charge in [-0.15, -0.1) is 0 Å². The molecule has 0 saturated carbocycles. The van der Waals surface area contributed by atoms with Gasteiger partial charge >= 0.3 is 0 Å². The number of nitrogens with zero attached hydrogens (tertiary/aromatic N) is 2. The van der Waals surface area contributed by atoms with Crippen LogP contribution in [0.4, 0.5) is 5.82 Å². The second-order valence-electron chi connectivity index (χ2n) is 2.28. The Labute approximate surface area is 70.0 Å². The highest BCUT2D eigenvalue weighted by Crippen LogP contribution is 2.08. The van der Waals surface area contributed by atoms with Crippen LogP contribution in [-0.4, -0.2) is 9.97 Å². The molecular weight excluding hydrogens is 152 g/mol. The second-order valence-corrected chi connectivity index (χ2v) is 2.28. The number of benzene rings is 1. The Hall–Kier alpha value is -1.68. The van der Waals surface area contributed by atoms with Crippen molar-refractivity contribution in [2.75, 3.05) is 5.73 Å². The smallest absolute Gasteiger partial charge is 0.142 e. The number of para-hydroxylation sites is 2. The zero-order chi connectivity index (χ0) is 7.68. The number of nitrogens with two attached hydrogens (primary N) is 1. The monoisotopic (exact) mass is 162 g/mol. The van der Waals surface area contributed by atoms with Crippen LogP contribution in [0.2, 0.25) is 0 Å². The zero-order valence-corrected chi connectivity index (χ0v) is 6.57. The van der Waals surface area contributed by atoms with Crippen LogP contribution in [0, 0.1) is 0 Å². The number of rotatable bonds is 0. The molecule has 1 aromatic carbocycles. The molecule has 0 amide bonds. The average Bonchev–Trinajstić information content (AvgIpc) is 2.04. The minimum Gasteiger partial charge on any atom is -0.382 e. The lowest BCUT2D eigenvalue weighted by Crippen LogP contribution is -1.91. The van der Waals surface area contributed by atoms with E-state index in [0.717, 1.165) is 11.0 Å². The number of nitrogen functional groups attached to an aromatic ring is 1. The van der Waals surface area contributed by atoms with E-state index < -0.39 is 0 Å². The summed E-state index contributed by atoms with van der Waals surface area (Å²) in [4.78, 5) is 8.18. The normalized spacial score (nSPS) is 9.33. The van der Waals surface area contributed by atoms with Crippen molar-refractivity contribution in [2.45, 2.75) is 0 Å². The van der Waals surface area contributed by atoms with Crippen molar-refractivity contribution in [1.29, 1.82) is 0 Å². The Balaban J connectivity index is 0.000000720. The average molecular weight is 162 g/mol. The predicted octanol–water partition coefficient (Wildman–Crippen LogP) is 1.37. The summed E-state index contributed by atoms with van der Waals surface area (Å²) in [5.41, 5.74) is 7.17. The van der Waals surface area contributed by atoms with Crippen molar-refractivity contribution >= 4 is 16.9 Å². The van der Waals surface area contributed by atoms with Crippen LogP contribution < -0.4 is 11.9 Å². The van der Waals surface area contributed by atoms with Gasteiger partial charge in [0, 0.05) is 0 Å². The quantitative estimate of drug-likeness (QED) is 0.612. The van der Waals surface area contributed by atoms with Crippen molar-refractivity contribution in [3.8, 4) is 0 Å². The minimum absolute atomic E-state index is 0. The minimum atomic E-state index is 0. The number of hydrogen-bond donors (Lipinski definition) is 2. The molecule has 0 aliphatic heterocycles. The van der Waals surface area contributed by atoms with Gasteiger partial charge in [0.15, 0.2) is 0 Å². The summed E-state index contributed by atoms with van der Waals surface area (Å²) in [6.07, 6.45) is 1.56. The molecule has 0 spiro atoms. The van der Waals surface area contributed by atoms with Crippen molar-refractivity contribution in [1.82, 2.24) is 16.1 Å². The lowest BCUT2D eigenvalue weighted by Gasteiger charge is -1.94. The maximum atomic E-state index is 5.45. The Morgan fingerprint density at radius 2 is 1.75 bits per heavy atom. The topological polar surface area (TPSA) is 86.8 Å². The molecule has 1 aromatic heterocycles. The van der Waals surface area contributed by atoms with Gasteiger partial charge in [0.1, 0.15) is 5.82 Å². The molecule has 0 atom stereocenters. The molecule has 0 aliphatic carbocycles. The summed E-state index contributed by atoms with van der Waals surface area (Å²) < 4.78 is 0. The first kappa shape index (κ1) is 8.42. The van der Waals surface area contributed by atoms with Crippen molar-refractivity contribution in [3.05, 3.63) is 30.5 Å². The fourth-order valence-electron chi connectivity index (χ4n) is 0.972. The first-order valence-corrected chi connectivity index (χ1v) is 3.33. The first-order valence-electron chi connectivity index (χ1n) is 3.33. The van der Waals surface area contributed by atoms with E-state index in [-0.39, 0.29) is 6.15 Å². The van der Waals surface area contributed by atoms with Crippen LogP contribution in [0.5, 0.6) is 0 Å². The van der Waals surface area contributed by atoms with Crippen LogP contribution in [0.15, 0.2) is 30.5 Å². The van der Waals surface area contributed by atoms with Gasteiger partial charge in [-0.25, -0.2) is 4.98 Å². The predicted molar refractivity (Wildman–Crippen MR) is 49.0 cm³/mol. The number of aromatic nitrogens is 2. The largest absolute Gasteiger partial charge is 0.382 e. The van der Waals surface area contributed by atoms with Gasteiger partial charge in [0.25, 0.3) is 0 Å². The maximum Gasteiger partial charge on any atom is 0.142 e. The summed E-state index contributed by atoms with van der Waals surface area (Å²) in [6, 6.07) is 7.63. The fourth-order valence-corrected chi connectivity index (χ4v) is 0.972. The lowest BCUT2D eigenvalue weighted by atomic mass is 10.3. The standard InChI is InChI=1S/C8H7N3.H3N/c9-8-5-10-6-3-1-2-4-7(6)11-8;/h1-5H,(H2,9,11);1H3. The highest BCUT2D eigenvalue weighted by Gasteiger charge is 1.92. The highest BCUT2D eigenvalue weighted by atomic mass is 14.9. The molecule has 0 unspecified atom stereocenters. The lowest BCUT2D eigenvalue weighted by molar-refractivity contribution is 1.30. The molecular formula is C8H10N4. The molecule has 0 bridgehead atoms. The van der Waals surface area contributed by atoms with Crippen molar-refractivity contribution < 1.29 is 0 Å². The molecule has 2 rings (SSSR count). The first-order chi connectivity index (χ1) is 5.36. The van der Waals surface area contributed by atoms with E-state index in [0.29, 0.717) is 5.82 Å². The van der Waals surface area contributed by atoms with E-state index in [1.165, 1.54) is 0 Å². The highest BCUT2D eigenvalue weighted by molar-refractivity contribution is 5.74. The Morgan fingerprint density at radius 3 is 2.50 bits per heavy atom. The van der Waals surface area contributed by atoms with E-state index in [1.807, 2.05) is 24.3 Å². The second kappa shape index (κ2) is 3.15. The molecule has 12 heavy (non-hydrogen) atoms. The number of hydrogen-bond acceptors (Lipinski definition) is 4. The molecule has 62 valence electrons. The van der Waals surface area contributed by atoms with Crippen LogP contribution in [0.1, 0.15) is 0 Å². The van der Waals surface area contributed by atoms with E-state index in [1.54, 1.807) is 6.20 Å². The zero-order valence-electron chi connectivity index (χ0n) is 6.57. The molecule has 0 aliphatic rings. The molecule has 0 fully saturated rings. The summed E-state index contributed by atoms with van der Waals surface area (Å²) >= 11 is 0. The molecule has 1 heterocycles. The van der Waals surface area contributed by atoms with E-state index in [4.69, 9.17) is 5.73 Å². The molecule has 0 saturated heterocycles. The SMILES string of the molecule is N.Nc1cnc2ccccc2n1. The van der Waals surface area contributed by atoms with E-state index >= 15 is 0 Å². The summed E-state index contributed by atoms with van der Waals surface area (Å²) in [7, 11) is 0. The van der Waals surface area contributed by atoms with Gasteiger partial charge in [-0.3, -0.25) is 4.98 Å². The van der Waals surface area contributed by atoms with Gasteiger partial charge in [-0.1, -0.05) is 12.1 Å². The molecule has 2 aromatic rings. The summed E-state index contributed by atoms with van der Waals surface area (Å²) in [6.45, 7) is 0. The summed E-state index contributed by atoms with van der Waals surface area (Å²) in [5.74, 6) is 0.462. The third-order valence-corrected chi connectivity index (χ3v) is 1.47. The van der Waals surface area contributed by atoms with E-state index in [2.05, 4.69) is 9.97 Å². The van der Waals surface area contributed by atoms with Crippen LogP contribution in [0.25, 0.3) is 11.0 Å². The van der Waals surface area contributed by atoms with E-state index in [9.17, 15) is 0 Å². The molecule has 4 heteroatoms. The van der Waals surface area contributed by atoms with Crippen LogP contribution >= 0.6 is 0 Å². The van der Waals surface area contributed by atoms with Gasteiger partial charge < -0.3 is 11.9 Å². The van der Waals surface area contributed by atoms with Crippen LogP contribution in [0.3, 0.4) is 0 Å². The Bertz CT molecular complexity index is 385. The Morgan fingerprint density at radius 1 is 1.08 bits per heavy atom. The fraction of sp³-hybridized carbons (Fsp3) is 0. The summed E-state index contributed by atoms with van der Waals surface area (Å²) in [5, 5.41) is 0. The Kier molecular flexibility index (Phi) is 2.21. The van der Waals surface area contributed by atoms with Gasteiger partial charge in [-0.05, 0) is 12.1 Å². The number of anilines is 1. The number of fused-ring (bicyclic) bond motifs is 1. The molecule has 5 N–H and O–H groups in total. The molecule has 0 radical (unpaired) electrons. The third-order valence-electron chi connectivity index (χ3n) is 1.47. The maximum absolute atomic E-state index is 5.45. The van der Waals surface area contributed by atoms with Crippen molar-refractivity contribution in [3.63, 3.8) is 0 Å².